The van der Waals surface area contributed by atoms with Crippen LogP contribution in [0, 0.1) is 0 Å². The van der Waals surface area contributed by atoms with E-state index < -0.39 is 23.3 Å². The summed E-state index contributed by atoms with van der Waals surface area (Å²) < 4.78 is 0. The van der Waals surface area contributed by atoms with E-state index in [4.69, 9.17) is 0 Å². The molecule has 0 saturated carbocycles. The van der Waals surface area contributed by atoms with E-state index in [0.29, 0.717) is 11.3 Å². The van der Waals surface area contributed by atoms with Crippen molar-refractivity contribution in [1.29, 1.82) is 0 Å². The number of amides is 4. The Balaban J connectivity index is 1.79. The molecule has 2 aliphatic heterocycles. The van der Waals surface area contributed by atoms with Crippen LogP contribution in [-0.2, 0) is 19.8 Å². The molecule has 4 amide bonds. The Hall–Kier alpha value is -2.70. The third kappa shape index (κ3) is 2.58. The van der Waals surface area contributed by atoms with Gasteiger partial charge in [-0.2, -0.15) is 0 Å². The van der Waals surface area contributed by atoms with Crippen LogP contribution >= 0.6 is 0 Å². The molecule has 1 unspecified atom stereocenters. The third-order valence-electron chi connectivity index (χ3n) is 4.32. The smallest absolute Gasteiger partial charge is 0.251 e. The monoisotopic (exact) mass is 315 g/mol. The zero-order valence-corrected chi connectivity index (χ0v) is 12.9. The number of carbonyl (C=O) groups is 4. The Labute approximate surface area is 132 Å². The molecule has 1 atom stereocenters. The minimum atomic E-state index is -0.721. The van der Waals surface area contributed by atoms with Crippen LogP contribution < -0.4 is 16.0 Å². The van der Waals surface area contributed by atoms with E-state index in [2.05, 4.69) is 16.0 Å². The molecule has 0 aromatic heterocycles. The quantitative estimate of drug-likeness (QED) is 0.689. The molecular formula is C16H17N3O4. The number of hydrogen-bond donors (Lipinski definition) is 3. The van der Waals surface area contributed by atoms with Gasteiger partial charge in [0.25, 0.3) is 5.91 Å². The summed E-state index contributed by atoms with van der Waals surface area (Å²) in [5.74, 6) is -1.34. The number of benzene rings is 1. The maximum atomic E-state index is 12.4. The van der Waals surface area contributed by atoms with Gasteiger partial charge in [-0.1, -0.05) is 0 Å². The van der Waals surface area contributed by atoms with Crippen LogP contribution in [0.2, 0.25) is 0 Å². The van der Waals surface area contributed by atoms with E-state index >= 15 is 0 Å². The molecule has 7 heteroatoms. The van der Waals surface area contributed by atoms with E-state index in [0.717, 1.165) is 5.56 Å². The van der Waals surface area contributed by atoms with Crippen molar-refractivity contribution in [3.05, 3.63) is 29.3 Å². The molecule has 3 rings (SSSR count). The average Bonchev–Trinajstić information content (AvgIpc) is 2.72. The van der Waals surface area contributed by atoms with E-state index in [-0.39, 0.29) is 24.7 Å². The number of nitrogens with one attached hydrogen (secondary N) is 3. The number of imide groups is 1. The summed E-state index contributed by atoms with van der Waals surface area (Å²) in [6, 6.07) is 4.22. The predicted octanol–water partition coefficient (Wildman–Crippen LogP) is 0.451. The topological polar surface area (TPSA) is 104 Å². The van der Waals surface area contributed by atoms with Gasteiger partial charge in [-0.25, -0.2) is 0 Å². The van der Waals surface area contributed by atoms with Gasteiger partial charge in [0, 0.05) is 17.7 Å². The molecule has 2 heterocycles. The summed E-state index contributed by atoms with van der Waals surface area (Å²) in [7, 11) is 0. The van der Waals surface area contributed by atoms with Gasteiger partial charge in [0.05, 0.1) is 5.41 Å². The molecule has 23 heavy (non-hydrogen) atoms. The van der Waals surface area contributed by atoms with Crippen molar-refractivity contribution >= 4 is 29.3 Å². The maximum absolute atomic E-state index is 12.4. The average molecular weight is 315 g/mol. The van der Waals surface area contributed by atoms with Crippen molar-refractivity contribution in [2.24, 2.45) is 0 Å². The Bertz CT molecular complexity index is 739. The van der Waals surface area contributed by atoms with Gasteiger partial charge < -0.3 is 10.6 Å². The fraction of sp³-hybridized carbons (Fsp3) is 0.375. The van der Waals surface area contributed by atoms with Gasteiger partial charge in [-0.05, 0) is 44.0 Å². The summed E-state index contributed by atoms with van der Waals surface area (Å²) in [5, 5.41) is 7.60. The molecule has 7 nitrogen and oxygen atoms in total. The van der Waals surface area contributed by atoms with Crippen molar-refractivity contribution in [3.63, 3.8) is 0 Å². The summed E-state index contributed by atoms with van der Waals surface area (Å²) in [4.78, 5) is 47.1. The van der Waals surface area contributed by atoms with Gasteiger partial charge >= 0.3 is 0 Å². The number of carbonyl (C=O) groups excluding carboxylic acids is 4. The van der Waals surface area contributed by atoms with Gasteiger partial charge in [-0.3, -0.25) is 24.5 Å². The molecule has 120 valence electrons. The fourth-order valence-corrected chi connectivity index (χ4v) is 2.79. The summed E-state index contributed by atoms with van der Waals surface area (Å²) in [6.45, 7) is 3.58. The molecule has 2 aliphatic rings. The van der Waals surface area contributed by atoms with Crippen molar-refractivity contribution in [1.82, 2.24) is 10.6 Å². The van der Waals surface area contributed by atoms with E-state index in [1.165, 1.54) is 0 Å². The van der Waals surface area contributed by atoms with Crippen LogP contribution in [0.25, 0.3) is 0 Å². The molecular weight excluding hydrogens is 298 g/mol. The zero-order chi connectivity index (χ0) is 16.8. The first-order valence-electron chi connectivity index (χ1n) is 7.39. The van der Waals surface area contributed by atoms with Crippen molar-refractivity contribution in [2.75, 3.05) is 5.32 Å². The first-order valence-corrected chi connectivity index (χ1v) is 7.39. The van der Waals surface area contributed by atoms with Gasteiger partial charge in [-0.15, -0.1) is 0 Å². The summed E-state index contributed by atoms with van der Waals surface area (Å²) in [5.41, 5.74) is 1.11. The maximum Gasteiger partial charge on any atom is 0.251 e. The van der Waals surface area contributed by atoms with E-state index in [9.17, 15) is 19.2 Å². The number of hydrogen-bond acceptors (Lipinski definition) is 4. The third-order valence-corrected chi connectivity index (χ3v) is 4.32. The number of rotatable bonds is 2. The number of anilines is 1. The highest BCUT2D eigenvalue weighted by atomic mass is 16.2. The molecule has 0 aliphatic carbocycles. The molecule has 0 spiro atoms. The molecule has 1 fully saturated rings. The Kier molecular flexibility index (Phi) is 3.43. The molecule has 1 aromatic rings. The fourth-order valence-electron chi connectivity index (χ4n) is 2.79. The summed E-state index contributed by atoms with van der Waals surface area (Å²) in [6.07, 6.45) is 0.485. The van der Waals surface area contributed by atoms with Crippen LogP contribution in [0.1, 0.15) is 42.6 Å². The minimum Gasteiger partial charge on any atom is -0.340 e. The predicted molar refractivity (Wildman–Crippen MR) is 81.7 cm³/mol. The Morgan fingerprint density at radius 3 is 2.65 bits per heavy atom. The molecule has 0 bridgehead atoms. The standard InChI is InChI=1S/C16H17N3O4/c1-16(2)9-7-8(3-4-10(9)18-15(16)23)13(21)17-11-5-6-12(20)19-14(11)22/h3-4,7,11H,5-6H2,1-2H3,(H,17,21)(H,18,23)(H,19,20,22). The van der Waals surface area contributed by atoms with Crippen LogP contribution in [0.15, 0.2) is 18.2 Å². The largest absolute Gasteiger partial charge is 0.340 e. The van der Waals surface area contributed by atoms with E-state index in [1.807, 2.05) is 0 Å². The lowest BCUT2D eigenvalue weighted by molar-refractivity contribution is -0.134. The van der Waals surface area contributed by atoms with Crippen molar-refractivity contribution in [2.45, 2.75) is 38.1 Å². The lowest BCUT2D eigenvalue weighted by Gasteiger charge is -2.22. The highest BCUT2D eigenvalue weighted by Crippen LogP contribution is 2.37. The molecule has 1 saturated heterocycles. The molecule has 3 N–H and O–H groups in total. The lowest BCUT2D eigenvalue weighted by atomic mass is 9.85. The second-order valence-electron chi connectivity index (χ2n) is 6.32. The second kappa shape index (κ2) is 5.19. The first kappa shape index (κ1) is 15.2. The van der Waals surface area contributed by atoms with Crippen LogP contribution in [0.5, 0.6) is 0 Å². The normalized spacial score (nSPS) is 22.2. The van der Waals surface area contributed by atoms with E-state index in [1.54, 1.807) is 32.0 Å². The first-order chi connectivity index (χ1) is 10.8. The highest BCUT2D eigenvalue weighted by molar-refractivity contribution is 6.07. The molecule has 0 radical (unpaired) electrons. The second-order valence-corrected chi connectivity index (χ2v) is 6.32. The minimum absolute atomic E-state index is 0.116. The van der Waals surface area contributed by atoms with Gasteiger partial charge in [0.2, 0.25) is 17.7 Å². The van der Waals surface area contributed by atoms with Crippen molar-refractivity contribution in [3.8, 4) is 0 Å². The van der Waals surface area contributed by atoms with Gasteiger partial charge in [0.1, 0.15) is 6.04 Å². The molecule has 1 aromatic carbocycles. The summed E-state index contributed by atoms with van der Waals surface area (Å²) >= 11 is 0. The van der Waals surface area contributed by atoms with Crippen molar-refractivity contribution < 1.29 is 19.2 Å². The lowest BCUT2D eigenvalue weighted by Crippen LogP contribution is -2.52. The number of fused-ring (bicyclic) bond motifs is 1. The van der Waals surface area contributed by atoms with Crippen LogP contribution in [0.3, 0.4) is 0 Å². The zero-order valence-electron chi connectivity index (χ0n) is 12.9. The Morgan fingerprint density at radius 1 is 1.22 bits per heavy atom. The highest BCUT2D eigenvalue weighted by Gasteiger charge is 2.38. The number of piperidine rings is 1. The van der Waals surface area contributed by atoms with Gasteiger partial charge in [0.15, 0.2) is 0 Å². The SMILES string of the molecule is CC1(C)C(=O)Nc2ccc(C(=O)NC3CCC(=O)NC3=O)cc21. The van der Waals surface area contributed by atoms with Crippen LogP contribution in [-0.4, -0.2) is 29.7 Å². The Morgan fingerprint density at radius 2 is 1.96 bits per heavy atom. The van der Waals surface area contributed by atoms with Crippen LogP contribution in [0.4, 0.5) is 5.69 Å².